The summed E-state index contributed by atoms with van der Waals surface area (Å²) in [5.74, 6) is -0.726. The smallest absolute Gasteiger partial charge is 0.244 e. The van der Waals surface area contributed by atoms with E-state index >= 15 is 0 Å². The van der Waals surface area contributed by atoms with Crippen molar-refractivity contribution in [1.82, 2.24) is 10.2 Å². The number of sulfonamides is 1. The molecule has 0 heterocycles. The molecule has 174 valence electrons. The van der Waals surface area contributed by atoms with E-state index in [1.54, 1.807) is 12.1 Å². The van der Waals surface area contributed by atoms with Crippen LogP contribution in [0.4, 0.5) is 5.69 Å². The number of nitrogens with zero attached hydrogens (tertiary/aromatic N) is 2. The maximum absolute atomic E-state index is 13.5. The van der Waals surface area contributed by atoms with Crippen LogP contribution >= 0.6 is 0 Å². The topological polar surface area (TPSA) is 86.8 Å². The highest BCUT2D eigenvalue weighted by atomic mass is 32.2. The SMILES string of the molecule is CC[C@H](C(=O)NC)N(Cc1cccc(C)c1)C(=O)CN(c1ccc(C)c(C)c1)S(C)(=O)=O. The Bertz CT molecular complexity index is 1080. The van der Waals surface area contributed by atoms with Gasteiger partial charge in [0, 0.05) is 13.6 Å². The van der Waals surface area contributed by atoms with Gasteiger partial charge in [-0.3, -0.25) is 13.9 Å². The lowest BCUT2D eigenvalue weighted by molar-refractivity contribution is -0.140. The molecular weight excluding hydrogens is 426 g/mol. The second-order valence-electron chi connectivity index (χ2n) is 8.09. The van der Waals surface area contributed by atoms with Crippen molar-refractivity contribution in [3.63, 3.8) is 0 Å². The van der Waals surface area contributed by atoms with Crippen molar-refractivity contribution >= 4 is 27.5 Å². The molecule has 0 radical (unpaired) electrons. The minimum Gasteiger partial charge on any atom is -0.357 e. The van der Waals surface area contributed by atoms with E-state index in [1.807, 2.05) is 58.0 Å². The van der Waals surface area contributed by atoms with E-state index in [4.69, 9.17) is 0 Å². The Labute approximate surface area is 191 Å². The van der Waals surface area contributed by atoms with Crippen LogP contribution in [0.15, 0.2) is 42.5 Å². The predicted molar refractivity (Wildman–Crippen MR) is 128 cm³/mol. The summed E-state index contributed by atoms with van der Waals surface area (Å²) in [5.41, 5.74) is 4.29. The zero-order chi connectivity index (χ0) is 24.1. The highest BCUT2D eigenvalue weighted by molar-refractivity contribution is 7.92. The van der Waals surface area contributed by atoms with Crippen molar-refractivity contribution in [1.29, 1.82) is 0 Å². The van der Waals surface area contributed by atoms with Crippen LogP contribution in [0, 0.1) is 20.8 Å². The molecule has 1 N–H and O–H groups in total. The third-order valence-electron chi connectivity index (χ3n) is 5.53. The Morgan fingerprint density at radius 1 is 1.03 bits per heavy atom. The summed E-state index contributed by atoms with van der Waals surface area (Å²) in [5, 5.41) is 2.61. The first-order chi connectivity index (χ1) is 15.0. The fourth-order valence-corrected chi connectivity index (χ4v) is 4.43. The third kappa shape index (κ3) is 6.32. The molecule has 0 aromatic heterocycles. The lowest BCUT2D eigenvalue weighted by Gasteiger charge is -2.32. The molecule has 0 saturated heterocycles. The van der Waals surface area contributed by atoms with Gasteiger partial charge in [-0.15, -0.1) is 0 Å². The van der Waals surface area contributed by atoms with E-state index in [2.05, 4.69) is 5.32 Å². The molecule has 2 aromatic rings. The van der Waals surface area contributed by atoms with Crippen LogP contribution in [-0.2, 0) is 26.2 Å². The number of rotatable bonds is 9. The van der Waals surface area contributed by atoms with Gasteiger partial charge in [0.25, 0.3) is 0 Å². The Morgan fingerprint density at radius 2 is 1.72 bits per heavy atom. The van der Waals surface area contributed by atoms with E-state index in [1.165, 1.54) is 11.9 Å². The fourth-order valence-electron chi connectivity index (χ4n) is 3.59. The van der Waals surface area contributed by atoms with Crippen LogP contribution in [-0.4, -0.2) is 51.0 Å². The summed E-state index contributed by atoms with van der Waals surface area (Å²) in [6, 6.07) is 12.3. The number of carbonyl (C=O) groups is 2. The van der Waals surface area contributed by atoms with Gasteiger partial charge in [-0.2, -0.15) is 0 Å². The zero-order valence-corrected chi connectivity index (χ0v) is 20.5. The lowest BCUT2D eigenvalue weighted by atomic mass is 10.1. The summed E-state index contributed by atoms with van der Waals surface area (Å²) in [7, 11) is -2.20. The summed E-state index contributed by atoms with van der Waals surface area (Å²) in [6.07, 6.45) is 1.48. The van der Waals surface area contributed by atoms with Crippen LogP contribution < -0.4 is 9.62 Å². The van der Waals surface area contributed by atoms with E-state index in [0.29, 0.717) is 12.1 Å². The zero-order valence-electron chi connectivity index (χ0n) is 19.7. The molecule has 0 spiro atoms. The number of anilines is 1. The van der Waals surface area contributed by atoms with Gasteiger partial charge < -0.3 is 10.2 Å². The molecular formula is C24H33N3O4S. The van der Waals surface area contributed by atoms with Crippen LogP contribution in [0.3, 0.4) is 0 Å². The first kappa shape index (κ1) is 25.4. The number of hydrogen-bond donors (Lipinski definition) is 1. The second-order valence-corrected chi connectivity index (χ2v) is 9.99. The molecule has 0 bridgehead atoms. The largest absolute Gasteiger partial charge is 0.357 e. The third-order valence-corrected chi connectivity index (χ3v) is 6.67. The van der Waals surface area contributed by atoms with Crippen molar-refractivity contribution in [2.45, 2.75) is 46.7 Å². The standard InChI is InChI=1S/C24H33N3O4S/c1-7-22(24(29)25-5)26(15-20-10-8-9-17(2)13-20)23(28)16-27(32(6,30)31)21-12-11-18(3)19(4)14-21/h8-14,22H,7,15-16H2,1-6H3,(H,25,29)/t22-/m1/s1. The Kier molecular flexibility index (Phi) is 8.44. The Hall–Kier alpha value is -2.87. The summed E-state index contributed by atoms with van der Waals surface area (Å²) in [6.45, 7) is 7.43. The van der Waals surface area contributed by atoms with E-state index in [-0.39, 0.29) is 19.0 Å². The van der Waals surface area contributed by atoms with Gasteiger partial charge in [0.05, 0.1) is 11.9 Å². The van der Waals surface area contributed by atoms with Gasteiger partial charge >= 0.3 is 0 Å². The molecule has 2 rings (SSSR count). The van der Waals surface area contributed by atoms with Crippen molar-refractivity contribution in [3.8, 4) is 0 Å². The fraction of sp³-hybridized carbons (Fsp3) is 0.417. The summed E-state index contributed by atoms with van der Waals surface area (Å²) < 4.78 is 26.3. The Morgan fingerprint density at radius 3 is 2.25 bits per heavy atom. The predicted octanol–water partition coefficient (Wildman–Crippen LogP) is 2.93. The van der Waals surface area contributed by atoms with E-state index in [0.717, 1.165) is 32.8 Å². The van der Waals surface area contributed by atoms with Crippen molar-refractivity contribution in [2.75, 3.05) is 24.2 Å². The highest BCUT2D eigenvalue weighted by Gasteiger charge is 2.31. The number of likely N-dealkylation sites (N-methyl/N-ethyl adjacent to an activating group) is 1. The molecule has 0 unspecified atom stereocenters. The van der Waals surface area contributed by atoms with Gasteiger partial charge in [0.2, 0.25) is 21.8 Å². The van der Waals surface area contributed by atoms with Gasteiger partial charge in [-0.25, -0.2) is 8.42 Å². The average molecular weight is 460 g/mol. The first-order valence-corrected chi connectivity index (χ1v) is 12.4. The first-order valence-electron chi connectivity index (χ1n) is 10.6. The van der Waals surface area contributed by atoms with Crippen LogP contribution in [0.25, 0.3) is 0 Å². The van der Waals surface area contributed by atoms with Gasteiger partial charge in [0.1, 0.15) is 12.6 Å². The van der Waals surface area contributed by atoms with Gasteiger partial charge in [0.15, 0.2) is 0 Å². The molecule has 0 aliphatic carbocycles. The number of benzene rings is 2. The minimum atomic E-state index is -3.73. The van der Waals surface area contributed by atoms with E-state index < -0.39 is 22.0 Å². The molecule has 1 atom stereocenters. The number of carbonyl (C=O) groups excluding carboxylic acids is 2. The molecule has 7 nitrogen and oxygen atoms in total. The van der Waals surface area contributed by atoms with Gasteiger partial charge in [-0.05, 0) is 56.0 Å². The summed E-state index contributed by atoms with van der Waals surface area (Å²) in [4.78, 5) is 27.5. The maximum Gasteiger partial charge on any atom is 0.244 e. The molecule has 2 aromatic carbocycles. The molecule has 32 heavy (non-hydrogen) atoms. The number of aryl methyl sites for hydroxylation is 3. The van der Waals surface area contributed by atoms with Gasteiger partial charge in [-0.1, -0.05) is 42.8 Å². The van der Waals surface area contributed by atoms with E-state index in [9.17, 15) is 18.0 Å². The van der Waals surface area contributed by atoms with Crippen molar-refractivity contribution in [3.05, 3.63) is 64.7 Å². The van der Waals surface area contributed by atoms with Crippen LogP contribution in [0.5, 0.6) is 0 Å². The molecule has 2 amide bonds. The number of hydrogen-bond acceptors (Lipinski definition) is 4. The van der Waals surface area contributed by atoms with Crippen molar-refractivity contribution < 1.29 is 18.0 Å². The molecule has 8 heteroatoms. The molecule has 0 aliphatic rings. The molecule has 0 saturated carbocycles. The lowest BCUT2D eigenvalue weighted by Crippen LogP contribution is -2.51. The normalized spacial score (nSPS) is 12.2. The quantitative estimate of drug-likeness (QED) is 0.625. The average Bonchev–Trinajstić information content (AvgIpc) is 2.72. The highest BCUT2D eigenvalue weighted by Crippen LogP contribution is 2.22. The monoisotopic (exact) mass is 459 g/mol. The maximum atomic E-state index is 13.5. The number of nitrogens with one attached hydrogen (secondary N) is 1. The Balaban J connectivity index is 2.45. The minimum absolute atomic E-state index is 0.205. The molecule has 0 fully saturated rings. The second kappa shape index (κ2) is 10.6. The van der Waals surface area contributed by atoms with Crippen molar-refractivity contribution in [2.24, 2.45) is 0 Å². The molecule has 0 aliphatic heterocycles. The number of amides is 2. The van der Waals surface area contributed by atoms with Crippen LogP contribution in [0.2, 0.25) is 0 Å². The van der Waals surface area contributed by atoms with Crippen LogP contribution in [0.1, 0.15) is 35.6 Å². The summed E-state index contributed by atoms with van der Waals surface area (Å²) >= 11 is 0.